The summed E-state index contributed by atoms with van der Waals surface area (Å²) >= 11 is 0. The average molecular weight is 504 g/mol. The zero-order valence-corrected chi connectivity index (χ0v) is 21.9. The van der Waals surface area contributed by atoms with E-state index in [1.54, 1.807) is 23.9 Å². The van der Waals surface area contributed by atoms with Crippen LogP contribution in [0.3, 0.4) is 0 Å². The summed E-state index contributed by atoms with van der Waals surface area (Å²) in [7, 11) is 1.58. The van der Waals surface area contributed by atoms with Gasteiger partial charge in [0.25, 0.3) is 5.91 Å². The molecule has 0 fully saturated rings. The molecule has 0 aliphatic heterocycles. The number of ether oxygens (including phenoxy) is 1. The number of benzene rings is 2. The number of hydrogen-bond acceptors (Lipinski definition) is 6. The normalized spacial score (nSPS) is 12.4. The minimum atomic E-state index is -1.01. The number of amides is 2. The highest BCUT2D eigenvalue weighted by atomic mass is 16.5. The summed E-state index contributed by atoms with van der Waals surface area (Å²) in [5, 5.41) is 11.4. The molecular weight excluding hydrogens is 470 g/mol. The van der Waals surface area contributed by atoms with Crippen molar-refractivity contribution in [2.24, 2.45) is 0 Å². The van der Waals surface area contributed by atoms with Crippen LogP contribution in [0.2, 0.25) is 0 Å². The van der Waals surface area contributed by atoms with Crippen molar-refractivity contribution in [3.05, 3.63) is 77.7 Å². The maximum absolute atomic E-state index is 14.0. The molecular formula is C28H33N5O4. The summed E-state index contributed by atoms with van der Waals surface area (Å²) in [6.07, 6.45) is 0.716. The molecule has 0 unspecified atom stereocenters. The largest absolute Gasteiger partial charge is 0.496 e. The molecule has 0 aliphatic carbocycles. The first-order valence-electron chi connectivity index (χ1n) is 12.3. The van der Waals surface area contributed by atoms with Crippen molar-refractivity contribution in [2.45, 2.75) is 58.8 Å². The maximum Gasteiger partial charge on any atom is 0.251 e. The molecule has 2 aromatic carbocycles. The number of aryl methyl sites for hydroxylation is 1. The van der Waals surface area contributed by atoms with E-state index in [2.05, 4.69) is 15.6 Å². The van der Waals surface area contributed by atoms with Gasteiger partial charge in [0.1, 0.15) is 29.3 Å². The van der Waals surface area contributed by atoms with Crippen LogP contribution in [-0.4, -0.2) is 44.4 Å². The number of para-hydroxylation sites is 2. The molecule has 2 aromatic heterocycles. The van der Waals surface area contributed by atoms with Crippen LogP contribution in [0, 0.1) is 6.92 Å². The lowest BCUT2D eigenvalue weighted by molar-refractivity contribution is -0.143. The van der Waals surface area contributed by atoms with Crippen LogP contribution in [0.1, 0.15) is 50.3 Å². The number of nitrogens with zero attached hydrogens (tertiary/aromatic N) is 4. The molecule has 2 heterocycles. The fourth-order valence-electron chi connectivity index (χ4n) is 4.11. The van der Waals surface area contributed by atoms with Gasteiger partial charge < -0.3 is 19.4 Å². The van der Waals surface area contributed by atoms with Crippen molar-refractivity contribution in [1.82, 2.24) is 25.2 Å². The highest BCUT2D eigenvalue weighted by Crippen LogP contribution is 2.29. The number of furan rings is 1. The van der Waals surface area contributed by atoms with Crippen LogP contribution in [0.5, 0.6) is 5.75 Å². The second-order valence-corrected chi connectivity index (χ2v) is 9.65. The smallest absolute Gasteiger partial charge is 0.251 e. The number of aromatic nitrogens is 3. The first-order valence-corrected chi connectivity index (χ1v) is 12.3. The standard InChI is InChI=1S/C28H33N5O4/c1-6-28(3,4)29-27(35)26(24-16-15-19(2)37-24)32(17-20-11-7-10-14-23(20)36-5)25(34)18-33-22-13-9-8-12-21(22)30-31-33/h7-16,26H,6,17-18H2,1-5H3,(H,29,35)/t26-/m0/s1. The second kappa shape index (κ2) is 10.9. The van der Waals surface area contributed by atoms with E-state index < -0.39 is 11.6 Å². The van der Waals surface area contributed by atoms with Gasteiger partial charge >= 0.3 is 0 Å². The third kappa shape index (κ3) is 5.82. The fourth-order valence-corrected chi connectivity index (χ4v) is 4.11. The zero-order valence-electron chi connectivity index (χ0n) is 21.9. The molecule has 1 N–H and O–H groups in total. The van der Waals surface area contributed by atoms with Crippen LogP contribution in [-0.2, 0) is 22.7 Å². The lowest BCUT2D eigenvalue weighted by Crippen LogP contribution is -2.50. The van der Waals surface area contributed by atoms with Gasteiger partial charge in [0.05, 0.1) is 19.2 Å². The Hall–Kier alpha value is -4.14. The lowest BCUT2D eigenvalue weighted by Gasteiger charge is -2.33. The Morgan fingerprint density at radius 1 is 1.11 bits per heavy atom. The quantitative estimate of drug-likeness (QED) is 0.344. The molecule has 4 aromatic rings. The highest BCUT2D eigenvalue weighted by molar-refractivity contribution is 5.89. The van der Waals surface area contributed by atoms with E-state index in [4.69, 9.17) is 9.15 Å². The molecule has 0 saturated heterocycles. The number of carbonyl (C=O) groups is 2. The monoisotopic (exact) mass is 503 g/mol. The first-order chi connectivity index (χ1) is 17.7. The molecule has 0 aliphatic rings. The van der Waals surface area contributed by atoms with Crippen LogP contribution in [0.25, 0.3) is 11.0 Å². The summed E-state index contributed by atoms with van der Waals surface area (Å²) in [6, 6.07) is 17.4. The number of carbonyl (C=O) groups excluding carboxylic acids is 2. The number of fused-ring (bicyclic) bond motifs is 1. The van der Waals surface area contributed by atoms with Gasteiger partial charge in [-0.05, 0) is 57.5 Å². The summed E-state index contributed by atoms with van der Waals surface area (Å²) in [5.74, 6) is 1.01. The van der Waals surface area contributed by atoms with E-state index in [1.165, 1.54) is 4.90 Å². The average Bonchev–Trinajstić information content (AvgIpc) is 3.49. The first kappa shape index (κ1) is 25.9. The van der Waals surface area contributed by atoms with Gasteiger partial charge in [-0.3, -0.25) is 9.59 Å². The molecule has 0 spiro atoms. The van der Waals surface area contributed by atoms with Crippen molar-refractivity contribution in [3.8, 4) is 5.75 Å². The second-order valence-electron chi connectivity index (χ2n) is 9.65. The third-order valence-electron chi connectivity index (χ3n) is 6.49. The third-order valence-corrected chi connectivity index (χ3v) is 6.49. The van der Waals surface area contributed by atoms with Crippen molar-refractivity contribution in [3.63, 3.8) is 0 Å². The van der Waals surface area contributed by atoms with E-state index in [0.29, 0.717) is 29.2 Å². The molecule has 9 heteroatoms. The number of methoxy groups -OCH3 is 1. The van der Waals surface area contributed by atoms with Gasteiger partial charge in [-0.25, -0.2) is 4.68 Å². The van der Waals surface area contributed by atoms with E-state index >= 15 is 0 Å². The lowest BCUT2D eigenvalue weighted by atomic mass is 10.0. The Labute approximate surface area is 216 Å². The molecule has 0 saturated carbocycles. The van der Waals surface area contributed by atoms with Crippen LogP contribution in [0.15, 0.2) is 65.1 Å². The number of hydrogen-bond donors (Lipinski definition) is 1. The topological polar surface area (TPSA) is 102 Å². The van der Waals surface area contributed by atoms with Crippen LogP contribution >= 0.6 is 0 Å². The van der Waals surface area contributed by atoms with Crippen molar-refractivity contribution < 1.29 is 18.7 Å². The van der Waals surface area contributed by atoms with Gasteiger partial charge in [0.15, 0.2) is 6.04 Å². The van der Waals surface area contributed by atoms with E-state index in [9.17, 15) is 9.59 Å². The molecule has 194 valence electrons. The fraction of sp³-hybridized carbons (Fsp3) is 0.357. The van der Waals surface area contributed by atoms with Gasteiger partial charge in [0, 0.05) is 11.1 Å². The van der Waals surface area contributed by atoms with E-state index in [0.717, 1.165) is 11.1 Å². The summed E-state index contributed by atoms with van der Waals surface area (Å²) in [6.45, 7) is 7.73. The molecule has 37 heavy (non-hydrogen) atoms. The Bertz CT molecular complexity index is 1390. The molecule has 1 atom stereocenters. The molecule has 9 nitrogen and oxygen atoms in total. The summed E-state index contributed by atoms with van der Waals surface area (Å²) in [5.41, 5.74) is 1.71. The maximum atomic E-state index is 14.0. The van der Waals surface area contributed by atoms with Crippen molar-refractivity contribution in [1.29, 1.82) is 0 Å². The van der Waals surface area contributed by atoms with E-state index in [1.807, 2.05) is 76.2 Å². The molecule has 0 bridgehead atoms. The zero-order chi connectivity index (χ0) is 26.6. The Morgan fingerprint density at radius 2 is 1.84 bits per heavy atom. The van der Waals surface area contributed by atoms with E-state index in [-0.39, 0.29) is 24.9 Å². The van der Waals surface area contributed by atoms with Gasteiger partial charge in [0.2, 0.25) is 5.91 Å². The Kier molecular flexibility index (Phi) is 7.61. The van der Waals surface area contributed by atoms with Crippen molar-refractivity contribution in [2.75, 3.05) is 7.11 Å². The number of nitrogens with one attached hydrogen (secondary N) is 1. The highest BCUT2D eigenvalue weighted by Gasteiger charge is 2.36. The van der Waals surface area contributed by atoms with Crippen molar-refractivity contribution >= 4 is 22.8 Å². The van der Waals surface area contributed by atoms with Gasteiger partial charge in [-0.1, -0.05) is 42.5 Å². The summed E-state index contributed by atoms with van der Waals surface area (Å²) in [4.78, 5) is 29.3. The molecule has 2 amide bonds. The minimum Gasteiger partial charge on any atom is -0.496 e. The SMILES string of the molecule is CCC(C)(C)NC(=O)[C@H](c1ccc(C)o1)N(Cc1ccccc1OC)C(=O)Cn1nnc2ccccc21. The van der Waals surface area contributed by atoms with Crippen LogP contribution < -0.4 is 10.1 Å². The van der Waals surface area contributed by atoms with Crippen LogP contribution in [0.4, 0.5) is 0 Å². The predicted octanol–water partition coefficient (Wildman–Crippen LogP) is 4.42. The predicted molar refractivity (Wildman–Crippen MR) is 140 cm³/mol. The minimum absolute atomic E-state index is 0.101. The Balaban J connectivity index is 1.78. The van der Waals surface area contributed by atoms with Gasteiger partial charge in [-0.15, -0.1) is 5.10 Å². The number of rotatable bonds is 10. The molecule has 4 rings (SSSR count). The van der Waals surface area contributed by atoms with Gasteiger partial charge in [-0.2, -0.15) is 0 Å². The molecule has 0 radical (unpaired) electrons. The summed E-state index contributed by atoms with van der Waals surface area (Å²) < 4.78 is 13.0. The Morgan fingerprint density at radius 3 is 2.54 bits per heavy atom.